The van der Waals surface area contributed by atoms with Crippen molar-refractivity contribution in [2.45, 2.75) is 110 Å². The van der Waals surface area contributed by atoms with Crippen molar-refractivity contribution in [1.82, 2.24) is 5.32 Å². The Morgan fingerprint density at radius 1 is 1.00 bits per heavy atom. The van der Waals surface area contributed by atoms with Crippen molar-refractivity contribution in [3.63, 3.8) is 0 Å². The second-order valence-electron chi connectivity index (χ2n) is 11.7. The molecule has 4 heteroatoms. The van der Waals surface area contributed by atoms with Gasteiger partial charge in [0.25, 0.3) is 0 Å². The zero-order valence-electron chi connectivity index (χ0n) is 19.4. The van der Waals surface area contributed by atoms with E-state index in [-0.39, 0.29) is 39.3 Å². The Balaban J connectivity index is 2.42. The molecule has 158 valence electrons. The summed E-state index contributed by atoms with van der Waals surface area (Å²) in [4.78, 5) is 13.1. The second kappa shape index (κ2) is 7.05. The van der Waals surface area contributed by atoms with Crippen LogP contribution in [0.2, 0.25) is 0 Å². The fourth-order valence-corrected chi connectivity index (χ4v) is 4.32. The fraction of sp³-hybridized carbons (Fsp3) is 0.708. The summed E-state index contributed by atoms with van der Waals surface area (Å²) in [6, 6.07) is 3.81. The number of aromatic hydroxyl groups is 1. The van der Waals surface area contributed by atoms with E-state index in [0.717, 1.165) is 24.0 Å². The number of nitrogens with one attached hydrogen (secondary N) is 1. The van der Waals surface area contributed by atoms with Gasteiger partial charge < -0.3 is 15.2 Å². The molecule has 1 saturated heterocycles. The van der Waals surface area contributed by atoms with Gasteiger partial charge in [-0.25, -0.2) is 4.79 Å². The Morgan fingerprint density at radius 2 is 1.50 bits per heavy atom. The van der Waals surface area contributed by atoms with E-state index in [4.69, 9.17) is 4.74 Å². The van der Waals surface area contributed by atoms with Gasteiger partial charge in [0, 0.05) is 29.5 Å². The van der Waals surface area contributed by atoms with Crippen LogP contribution in [0.4, 0.5) is 0 Å². The number of rotatable bonds is 2. The van der Waals surface area contributed by atoms with Gasteiger partial charge in [0.05, 0.1) is 0 Å². The van der Waals surface area contributed by atoms with Crippen molar-refractivity contribution >= 4 is 5.97 Å². The van der Waals surface area contributed by atoms with Crippen molar-refractivity contribution in [3.8, 4) is 5.75 Å². The van der Waals surface area contributed by atoms with E-state index in [1.165, 1.54) is 0 Å². The first-order valence-electron chi connectivity index (χ1n) is 10.3. The first-order valence-corrected chi connectivity index (χ1v) is 10.3. The molecular formula is C24H39NO3. The number of esters is 1. The van der Waals surface area contributed by atoms with Crippen LogP contribution in [-0.2, 0) is 15.6 Å². The van der Waals surface area contributed by atoms with Gasteiger partial charge in [-0.2, -0.15) is 0 Å². The highest BCUT2D eigenvalue weighted by Gasteiger charge is 2.40. The molecular weight excluding hydrogens is 350 g/mol. The summed E-state index contributed by atoms with van der Waals surface area (Å²) in [5.74, 6) is -0.398. The molecule has 0 spiro atoms. The van der Waals surface area contributed by atoms with Gasteiger partial charge in [0.2, 0.25) is 0 Å². The number of carbonyl (C=O) groups excluding carboxylic acids is 1. The molecule has 1 aliphatic heterocycles. The monoisotopic (exact) mass is 389 g/mol. The highest BCUT2D eigenvalue weighted by Crippen LogP contribution is 2.39. The Hall–Kier alpha value is -1.55. The third-order valence-corrected chi connectivity index (χ3v) is 5.43. The molecule has 4 nitrogen and oxygen atoms in total. The zero-order chi connectivity index (χ0) is 21.7. The second-order valence-corrected chi connectivity index (χ2v) is 11.7. The summed E-state index contributed by atoms with van der Waals surface area (Å²) >= 11 is 0. The number of hydrogen-bond donors (Lipinski definition) is 2. The Labute approximate surface area is 171 Å². The maximum atomic E-state index is 13.1. The maximum Gasteiger partial charge on any atom is 0.342 e. The molecule has 1 fully saturated rings. The van der Waals surface area contributed by atoms with E-state index in [9.17, 15) is 9.90 Å². The largest absolute Gasteiger partial charge is 0.507 e. The van der Waals surface area contributed by atoms with Crippen molar-refractivity contribution in [2.75, 3.05) is 0 Å². The van der Waals surface area contributed by atoms with Crippen molar-refractivity contribution in [1.29, 1.82) is 0 Å². The molecule has 1 aromatic rings. The zero-order valence-corrected chi connectivity index (χ0v) is 19.4. The van der Waals surface area contributed by atoms with Crippen molar-refractivity contribution < 1.29 is 14.6 Å². The molecule has 0 aliphatic carbocycles. The van der Waals surface area contributed by atoms with E-state index < -0.39 is 5.97 Å². The number of piperidine rings is 1. The molecule has 1 heterocycles. The number of carbonyl (C=O) groups is 1. The van der Waals surface area contributed by atoms with E-state index in [1.807, 2.05) is 26.8 Å². The van der Waals surface area contributed by atoms with Crippen LogP contribution in [0.15, 0.2) is 12.1 Å². The molecule has 0 atom stereocenters. The minimum absolute atomic E-state index is 0.0398. The van der Waals surface area contributed by atoms with E-state index in [0.29, 0.717) is 0 Å². The summed E-state index contributed by atoms with van der Waals surface area (Å²) in [5, 5.41) is 14.5. The van der Waals surface area contributed by atoms with Gasteiger partial charge in [-0.15, -0.1) is 0 Å². The summed E-state index contributed by atoms with van der Waals surface area (Å²) in [6.07, 6.45) is 1.30. The maximum absolute atomic E-state index is 13.1. The summed E-state index contributed by atoms with van der Waals surface area (Å²) in [7, 11) is 0. The van der Waals surface area contributed by atoms with E-state index >= 15 is 0 Å². The quantitative estimate of drug-likeness (QED) is 0.660. The summed E-state index contributed by atoms with van der Waals surface area (Å²) in [6.45, 7) is 21.0. The third kappa shape index (κ3) is 5.28. The van der Waals surface area contributed by atoms with Gasteiger partial charge >= 0.3 is 5.97 Å². The topological polar surface area (TPSA) is 58.6 Å². The SMILES string of the molecule is CC1(C)CC(OC(=O)c2cc(C(C)(C)C)cc(C(C)(C)C)c2O)CC(C)(C)N1. The molecule has 0 unspecified atom stereocenters. The predicted molar refractivity (Wildman–Crippen MR) is 115 cm³/mol. The Morgan fingerprint density at radius 3 is 1.93 bits per heavy atom. The van der Waals surface area contributed by atoms with Crippen LogP contribution in [-0.4, -0.2) is 28.3 Å². The Bertz CT molecular complexity index is 732. The lowest BCUT2D eigenvalue weighted by atomic mass is 9.79. The number of hydrogen-bond acceptors (Lipinski definition) is 4. The highest BCUT2D eigenvalue weighted by atomic mass is 16.5. The van der Waals surface area contributed by atoms with Crippen LogP contribution in [0.1, 0.15) is 104 Å². The van der Waals surface area contributed by atoms with Crippen LogP contribution < -0.4 is 5.32 Å². The normalized spacial score (nSPS) is 20.1. The lowest BCUT2D eigenvalue weighted by Crippen LogP contribution is -2.59. The molecule has 0 bridgehead atoms. The van der Waals surface area contributed by atoms with Crippen LogP contribution in [0, 0.1) is 0 Å². The molecule has 1 aromatic carbocycles. The molecule has 1 aliphatic rings. The molecule has 2 rings (SSSR count). The van der Waals surface area contributed by atoms with E-state index in [2.05, 4.69) is 53.8 Å². The first kappa shape index (κ1) is 22.7. The smallest absolute Gasteiger partial charge is 0.342 e. The molecule has 2 N–H and O–H groups in total. The molecule has 28 heavy (non-hydrogen) atoms. The predicted octanol–water partition coefficient (Wildman–Crippen LogP) is 5.45. The number of ether oxygens (including phenoxy) is 1. The van der Waals surface area contributed by atoms with Crippen LogP contribution in [0.25, 0.3) is 0 Å². The highest BCUT2D eigenvalue weighted by molar-refractivity contribution is 5.93. The molecule has 0 saturated carbocycles. The average Bonchev–Trinajstić information content (AvgIpc) is 2.40. The van der Waals surface area contributed by atoms with Gasteiger partial charge in [-0.1, -0.05) is 47.6 Å². The minimum Gasteiger partial charge on any atom is -0.507 e. The van der Waals surface area contributed by atoms with Gasteiger partial charge in [0.1, 0.15) is 17.4 Å². The van der Waals surface area contributed by atoms with Gasteiger partial charge in [0.15, 0.2) is 0 Å². The van der Waals surface area contributed by atoms with Crippen LogP contribution in [0.5, 0.6) is 5.75 Å². The van der Waals surface area contributed by atoms with Crippen LogP contribution in [0.3, 0.4) is 0 Å². The Kier molecular flexibility index (Phi) is 5.73. The summed E-state index contributed by atoms with van der Waals surface area (Å²) < 4.78 is 5.93. The minimum atomic E-state index is -0.437. The average molecular weight is 390 g/mol. The first-order chi connectivity index (χ1) is 12.4. The standard InChI is InChI=1S/C24H39NO3/c1-21(2,3)15-11-17(19(26)18(12-15)22(4,5)6)20(27)28-16-13-23(7,8)25-24(9,10)14-16/h11-12,16,25-26H,13-14H2,1-10H3. The number of phenols is 1. The molecule has 0 aromatic heterocycles. The lowest BCUT2D eigenvalue weighted by molar-refractivity contribution is -0.00660. The van der Waals surface area contributed by atoms with Gasteiger partial charge in [-0.05, 0) is 50.2 Å². The van der Waals surface area contributed by atoms with Crippen molar-refractivity contribution in [2.24, 2.45) is 0 Å². The number of benzene rings is 1. The molecule has 0 radical (unpaired) electrons. The van der Waals surface area contributed by atoms with Gasteiger partial charge in [-0.3, -0.25) is 0 Å². The molecule has 0 amide bonds. The van der Waals surface area contributed by atoms with Crippen molar-refractivity contribution in [3.05, 3.63) is 28.8 Å². The lowest BCUT2D eigenvalue weighted by Gasteiger charge is -2.45. The summed E-state index contributed by atoms with van der Waals surface area (Å²) in [5.41, 5.74) is 1.43. The fourth-order valence-electron chi connectivity index (χ4n) is 4.32. The third-order valence-electron chi connectivity index (χ3n) is 5.43. The van der Waals surface area contributed by atoms with E-state index in [1.54, 1.807) is 6.07 Å². The number of phenolic OH excluding ortho intramolecular Hbond substituents is 1. The van der Waals surface area contributed by atoms with Crippen LogP contribution >= 0.6 is 0 Å².